The van der Waals surface area contributed by atoms with Gasteiger partial charge in [0.05, 0.1) is 6.26 Å². The molecule has 1 aliphatic carbocycles. The van der Waals surface area contributed by atoms with Crippen molar-refractivity contribution in [3.8, 4) is 0 Å². The van der Waals surface area contributed by atoms with Crippen LogP contribution in [0.1, 0.15) is 44.8 Å². The van der Waals surface area contributed by atoms with Crippen LogP contribution in [0.25, 0.3) is 6.08 Å². The van der Waals surface area contributed by atoms with Crippen LogP contribution in [0.3, 0.4) is 0 Å². The number of hydrogen-bond donors (Lipinski definition) is 0. The summed E-state index contributed by atoms with van der Waals surface area (Å²) < 4.78 is 5.19. The van der Waals surface area contributed by atoms with Gasteiger partial charge in [0.15, 0.2) is 0 Å². The van der Waals surface area contributed by atoms with Crippen molar-refractivity contribution in [1.82, 2.24) is 4.90 Å². The molecular weight excluding hydrogens is 226 g/mol. The lowest BCUT2D eigenvalue weighted by Crippen LogP contribution is -2.40. The molecule has 0 aromatic carbocycles. The van der Waals surface area contributed by atoms with Gasteiger partial charge in [-0.3, -0.25) is 4.79 Å². The zero-order valence-corrected chi connectivity index (χ0v) is 11.0. The zero-order chi connectivity index (χ0) is 12.8. The molecular formula is C15H21NO2. The number of rotatable bonds is 4. The van der Waals surface area contributed by atoms with E-state index in [9.17, 15) is 4.79 Å². The molecule has 0 spiro atoms. The summed E-state index contributed by atoms with van der Waals surface area (Å²) >= 11 is 0. The molecule has 0 N–H and O–H groups in total. The van der Waals surface area contributed by atoms with Gasteiger partial charge in [-0.25, -0.2) is 0 Å². The molecule has 1 aromatic heterocycles. The summed E-state index contributed by atoms with van der Waals surface area (Å²) in [7, 11) is 0. The minimum absolute atomic E-state index is 0.0980. The number of furan rings is 1. The van der Waals surface area contributed by atoms with Crippen LogP contribution in [0.4, 0.5) is 0 Å². The fraction of sp³-hybridized carbons (Fsp3) is 0.533. The van der Waals surface area contributed by atoms with Crippen molar-refractivity contribution in [2.24, 2.45) is 0 Å². The Bertz CT molecular complexity index is 389. The first-order chi connectivity index (χ1) is 8.81. The highest BCUT2D eigenvalue weighted by molar-refractivity contribution is 5.91. The molecule has 3 nitrogen and oxygen atoms in total. The summed E-state index contributed by atoms with van der Waals surface area (Å²) in [6, 6.07) is 4.10. The summed E-state index contributed by atoms with van der Waals surface area (Å²) in [5.74, 6) is 0.823. The largest absolute Gasteiger partial charge is 0.465 e. The number of carbonyl (C=O) groups is 1. The number of hydrogen-bond acceptors (Lipinski definition) is 2. The molecule has 1 aliphatic rings. The van der Waals surface area contributed by atoms with Crippen LogP contribution >= 0.6 is 0 Å². The molecule has 0 bridgehead atoms. The summed E-state index contributed by atoms with van der Waals surface area (Å²) in [5, 5.41) is 0. The molecule has 1 fully saturated rings. The van der Waals surface area contributed by atoms with E-state index in [4.69, 9.17) is 4.42 Å². The van der Waals surface area contributed by atoms with Gasteiger partial charge in [0.1, 0.15) is 5.76 Å². The summed E-state index contributed by atoms with van der Waals surface area (Å²) in [4.78, 5) is 14.2. The average Bonchev–Trinajstić information content (AvgIpc) is 2.92. The van der Waals surface area contributed by atoms with E-state index in [0.29, 0.717) is 6.04 Å². The molecule has 0 atom stereocenters. The molecule has 98 valence electrons. The number of carbonyl (C=O) groups excluding carboxylic acids is 1. The Balaban J connectivity index is 1.96. The lowest BCUT2D eigenvalue weighted by atomic mass is 9.94. The van der Waals surface area contributed by atoms with Crippen LogP contribution in [0.15, 0.2) is 28.9 Å². The molecule has 0 radical (unpaired) electrons. The molecule has 3 heteroatoms. The lowest BCUT2D eigenvalue weighted by Gasteiger charge is -2.32. The molecule has 0 saturated heterocycles. The zero-order valence-electron chi connectivity index (χ0n) is 11.0. The van der Waals surface area contributed by atoms with E-state index >= 15 is 0 Å². The Kier molecular flexibility index (Phi) is 4.62. The first kappa shape index (κ1) is 12.9. The number of amides is 1. The SMILES string of the molecule is CCN(C(=O)C=Cc1ccco1)C1CCCCC1. The van der Waals surface area contributed by atoms with Gasteiger partial charge in [0.25, 0.3) is 0 Å². The normalized spacial score (nSPS) is 17.2. The van der Waals surface area contributed by atoms with E-state index in [1.807, 2.05) is 24.0 Å². The van der Waals surface area contributed by atoms with Crippen LogP contribution in [0.2, 0.25) is 0 Å². The van der Waals surface area contributed by atoms with E-state index in [-0.39, 0.29) is 5.91 Å². The Morgan fingerprint density at radius 2 is 2.22 bits per heavy atom. The van der Waals surface area contributed by atoms with Crippen molar-refractivity contribution in [3.05, 3.63) is 30.2 Å². The first-order valence-electron chi connectivity index (χ1n) is 6.83. The standard InChI is InChI=1S/C15H21NO2/c1-2-16(13-7-4-3-5-8-13)15(17)11-10-14-9-6-12-18-14/h6,9-13H,2-5,7-8H2,1H3. The van der Waals surface area contributed by atoms with Gasteiger partial charge >= 0.3 is 0 Å². The molecule has 0 aliphatic heterocycles. The van der Waals surface area contributed by atoms with Crippen LogP contribution in [-0.2, 0) is 4.79 Å². The summed E-state index contributed by atoms with van der Waals surface area (Å²) in [6.45, 7) is 2.83. The third-order valence-electron chi connectivity index (χ3n) is 3.57. The predicted octanol–water partition coefficient (Wildman–Crippen LogP) is 3.47. The molecule has 1 aromatic rings. The molecule has 1 amide bonds. The van der Waals surface area contributed by atoms with Crippen molar-refractivity contribution >= 4 is 12.0 Å². The maximum Gasteiger partial charge on any atom is 0.246 e. The quantitative estimate of drug-likeness (QED) is 0.763. The van der Waals surface area contributed by atoms with Crippen molar-refractivity contribution in [3.63, 3.8) is 0 Å². The fourth-order valence-electron chi connectivity index (χ4n) is 2.62. The minimum atomic E-state index is 0.0980. The Hall–Kier alpha value is -1.51. The Morgan fingerprint density at radius 3 is 2.83 bits per heavy atom. The highest BCUT2D eigenvalue weighted by Gasteiger charge is 2.22. The molecule has 1 heterocycles. The van der Waals surface area contributed by atoms with Gasteiger partial charge in [0, 0.05) is 18.7 Å². The molecule has 0 unspecified atom stereocenters. The fourth-order valence-corrected chi connectivity index (χ4v) is 2.62. The van der Waals surface area contributed by atoms with Crippen molar-refractivity contribution < 1.29 is 9.21 Å². The van der Waals surface area contributed by atoms with Crippen molar-refractivity contribution in [2.75, 3.05) is 6.54 Å². The lowest BCUT2D eigenvalue weighted by molar-refractivity contribution is -0.128. The number of likely N-dealkylation sites (N-methyl/N-ethyl adjacent to an activating group) is 1. The highest BCUT2D eigenvalue weighted by Crippen LogP contribution is 2.22. The van der Waals surface area contributed by atoms with Gasteiger partial charge in [-0.05, 0) is 38.0 Å². The van der Waals surface area contributed by atoms with Gasteiger partial charge in [-0.15, -0.1) is 0 Å². The second kappa shape index (κ2) is 6.43. The van der Waals surface area contributed by atoms with Gasteiger partial charge < -0.3 is 9.32 Å². The maximum atomic E-state index is 12.2. The minimum Gasteiger partial charge on any atom is -0.465 e. The highest BCUT2D eigenvalue weighted by atomic mass is 16.3. The van der Waals surface area contributed by atoms with Gasteiger partial charge in [0.2, 0.25) is 5.91 Å². The Morgan fingerprint density at radius 1 is 1.44 bits per heavy atom. The predicted molar refractivity (Wildman–Crippen MR) is 72.0 cm³/mol. The van der Waals surface area contributed by atoms with E-state index < -0.39 is 0 Å². The van der Waals surface area contributed by atoms with Gasteiger partial charge in [-0.1, -0.05) is 19.3 Å². The second-order valence-corrected chi connectivity index (χ2v) is 4.76. The summed E-state index contributed by atoms with van der Waals surface area (Å²) in [5.41, 5.74) is 0. The molecule has 2 rings (SSSR count). The van der Waals surface area contributed by atoms with Crippen LogP contribution in [0.5, 0.6) is 0 Å². The van der Waals surface area contributed by atoms with E-state index in [0.717, 1.165) is 25.1 Å². The van der Waals surface area contributed by atoms with Crippen LogP contribution < -0.4 is 0 Å². The van der Waals surface area contributed by atoms with Crippen molar-refractivity contribution in [1.29, 1.82) is 0 Å². The van der Waals surface area contributed by atoms with E-state index in [2.05, 4.69) is 0 Å². The van der Waals surface area contributed by atoms with E-state index in [1.165, 1.54) is 19.3 Å². The third kappa shape index (κ3) is 3.25. The van der Waals surface area contributed by atoms with E-state index in [1.54, 1.807) is 18.4 Å². The smallest absolute Gasteiger partial charge is 0.246 e. The second-order valence-electron chi connectivity index (χ2n) is 4.76. The van der Waals surface area contributed by atoms with Crippen molar-refractivity contribution in [2.45, 2.75) is 45.1 Å². The summed E-state index contributed by atoms with van der Waals surface area (Å²) in [6.07, 6.45) is 11.1. The molecule has 18 heavy (non-hydrogen) atoms. The van der Waals surface area contributed by atoms with Crippen LogP contribution in [0, 0.1) is 0 Å². The number of nitrogens with zero attached hydrogens (tertiary/aromatic N) is 1. The van der Waals surface area contributed by atoms with Crippen LogP contribution in [-0.4, -0.2) is 23.4 Å². The third-order valence-corrected chi connectivity index (χ3v) is 3.57. The Labute approximate surface area is 108 Å². The topological polar surface area (TPSA) is 33.5 Å². The maximum absolute atomic E-state index is 12.2. The first-order valence-corrected chi connectivity index (χ1v) is 6.83. The van der Waals surface area contributed by atoms with Gasteiger partial charge in [-0.2, -0.15) is 0 Å². The molecule has 1 saturated carbocycles. The average molecular weight is 247 g/mol. The monoisotopic (exact) mass is 247 g/mol.